The molecule has 0 aromatic heterocycles. The van der Waals surface area contributed by atoms with E-state index in [0.29, 0.717) is 22.6 Å². The highest BCUT2D eigenvalue weighted by Crippen LogP contribution is 2.26. The Labute approximate surface area is 130 Å². The van der Waals surface area contributed by atoms with Crippen LogP contribution < -0.4 is 5.32 Å². The van der Waals surface area contributed by atoms with Crippen molar-refractivity contribution in [2.24, 2.45) is 0 Å². The van der Waals surface area contributed by atoms with Crippen molar-refractivity contribution in [3.8, 4) is 0 Å². The molecule has 0 spiro atoms. The summed E-state index contributed by atoms with van der Waals surface area (Å²) in [5, 5.41) is 4.51. The molecule has 110 valence electrons. The SMILES string of the molecule is CCN(C(=O)CNCCc1ccc(Cl)cc1Cl)C1CC1. The Bertz CT molecular complexity index is 475. The number of rotatable bonds is 7. The molecule has 5 heteroatoms. The zero-order valence-corrected chi connectivity index (χ0v) is 13.2. The Morgan fingerprint density at radius 2 is 2.15 bits per heavy atom. The van der Waals surface area contributed by atoms with Crippen LogP contribution in [0.25, 0.3) is 0 Å². The minimum absolute atomic E-state index is 0.192. The molecule has 3 nitrogen and oxygen atoms in total. The number of amides is 1. The normalized spacial score (nSPS) is 14.3. The molecule has 1 saturated carbocycles. The molecule has 1 aromatic rings. The molecule has 0 radical (unpaired) electrons. The van der Waals surface area contributed by atoms with Crippen molar-refractivity contribution < 1.29 is 4.79 Å². The highest BCUT2D eigenvalue weighted by atomic mass is 35.5. The number of nitrogens with one attached hydrogen (secondary N) is 1. The summed E-state index contributed by atoms with van der Waals surface area (Å²) in [6.45, 7) is 3.96. The summed E-state index contributed by atoms with van der Waals surface area (Å²) in [6, 6.07) is 5.99. The summed E-state index contributed by atoms with van der Waals surface area (Å²) >= 11 is 12.0. The fourth-order valence-corrected chi connectivity index (χ4v) is 2.77. The molecule has 1 N–H and O–H groups in total. The van der Waals surface area contributed by atoms with Gasteiger partial charge in [-0.25, -0.2) is 0 Å². The standard InChI is InChI=1S/C15H20Cl2N2O/c1-2-19(13-5-6-13)15(20)10-18-8-7-11-3-4-12(16)9-14(11)17/h3-4,9,13,18H,2,5-8,10H2,1H3. The monoisotopic (exact) mass is 314 g/mol. The van der Waals surface area contributed by atoms with Crippen molar-refractivity contribution >= 4 is 29.1 Å². The van der Waals surface area contributed by atoms with E-state index in [9.17, 15) is 4.79 Å². The molecule has 0 heterocycles. The number of benzene rings is 1. The number of nitrogens with zero attached hydrogens (tertiary/aromatic N) is 1. The summed E-state index contributed by atoms with van der Waals surface area (Å²) in [5.74, 6) is 0.192. The Morgan fingerprint density at radius 3 is 2.75 bits per heavy atom. The Kier molecular flexibility index (Phi) is 5.70. The van der Waals surface area contributed by atoms with E-state index in [-0.39, 0.29) is 5.91 Å². The molecule has 0 atom stereocenters. The van der Waals surface area contributed by atoms with Crippen LogP contribution >= 0.6 is 23.2 Å². The van der Waals surface area contributed by atoms with E-state index in [1.807, 2.05) is 24.0 Å². The highest BCUT2D eigenvalue weighted by Gasteiger charge is 2.30. The van der Waals surface area contributed by atoms with Gasteiger partial charge in [0.2, 0.25) is 5.91 Å². The van der Waals surface area contributed by atoms with Gasteiger partial charge in [-0.05, 0) is 50.4 Å². The Balaban J connectivity index is 1.71. The summed E-state index contributed by atoms with van der Waals surface area (Å²) in [6.07, 6.45) is 3.10. The van der Waals surface area contributed by atoms with E-state index < -0.39 is 0 Å². The molecule has 0 saturated heterocycles. The van der Waals surface area contributed by atoms with Gasteiger partial charge in [0.05, 0.1) is 6.54 Å². The second-order valence-electron chi connectivity index (χ2n) is 5.07. The van der Waals surface area contributed by atoms with Crippen LogP contribution in [0.3, 0.4) is 0 Å². The lowest BCUT2D eigenvalue weighted by atomic mass is 10.1. The minimum Gasteiger partial charge on any atom is -0.339 e. The molecular formula is C15H20Cl2N2O. The molecule has 20 heavy (non-hydrogen) atoms. The summed E-state index contributed by atoms with van der Waals surface area (Å²) < 4.78 is 0. The first-order valence-corrected chi connectivity index (χ1v) is 7.81. The first kappa shape index (κ1) is 15.6. The maximum atomic E-state index is 12.0. The first-order valence-electron chi connectivity index (χ1n) is 7.06. The van der Waals surface area contributed by atoms with E-state index in [0.717, 1.165) is 37.9 Å². The molecule has 1 amide bonds. The third-order valence-corrected chi connectivity index (χ3v) is 4.10. The maximum Gasteiger partial charge on any atom is 0.236 e. The van der Waals surface area contributed by atoms with Gasteiger partial charge in [0.15, 0.2) is 0 Å². The molecule has 1 aliphatic rings. The second-order valence-corrected chi connectivity index (χ2v) is 5.92. The van der Waals surface area contributed by atoms with Gasteiger partial charge in [0, 0.05) is 22.6 Å². The third kappa shape index (κ3) is 4.37. The zero-order valence-electron chi connectivity index (χ0n) is 11.7. The lowest BCUT2D eigenvalue weighted by Crippen LogP contribution is -2.39. The molecule has 0 unspecified atom stereocenters. The van der Waals surface area contributed by atoms with E-state index >= 15 is 0 Å². The van der Waals surface area contributed by atoms with Crippen LogP contribution in [-0.2, 0) is 11.2 Å². The van der Waals surface area contributed by atoms with Crippen molar-refractivity contribution in [2.75, 3.05) is 19.6 Å². The van der Waals surface area contributed by atoms with Crippen LogP contribution in [0.5, 0.6) is 0 Å². The smallest absolute Gasteiger partial charge is 0.236 e. The Morgan fingerprint density at radius 1 is 1.40 bits per heavy atom. The summed E-state index contributed by atoms with van der Waals surface area (Å²) in [5.41, 5.74) is 1.05. The number of carbonyl (C=O) groups is 1. The maximum absolute atomic E-state index is 12.0. The molecular weight excluding hydrogens is 295 g/mol. The fourth-order valence-electron chi connectivity index (χ4n) is 2.27. The van der Waals surface area contributed by atoms with Gasteiger partial charge in [0.1, 0.15) is 0 Å². The van der Waals surface area contributed by atoms with E-state index in [4.69, 9.17) is 23.2 Å². The molecule has 1 fully saturated rings. The van der Waals surface area contributed by atoms with E-state index in [1.54, 1.807) is 6.07 Å². The lowest BCUT2D eigenvalue weighted by Gasteiger charge is -2.20. The summed E-state index contributed by atoms with van der Waals surface area (Å²) in [4.78, 5) is 14.0. The van der Waals surface area contributed by atoms with E-state index in [2.05, 4.69) is 5.32 Å². The van der Waals surface area contributed by atoms with Gasteiger partial charge >= 0.3 is 0 Å². The third-order valence-electron chi connectivity index (χ3n) is 3.51. The van der Waals surface area contributed by atoms with Crippen LogP contribution in [-0.4, -0.2) is 36.5 Å². The molecule has 0 aliphatic heterocycles. The van der Waals surface area contributed by atoms with Gasteiger partial charge in [-0.3, -0.25) is 4.79 Å². The number of likely N-dealkylation sites (N-methyl/N-ethyl adjacent to an activating group) is 1. The van der Waals surface area contributed by atoms with Crippen LogP contribution in [0.2, 0.25) is 10.0 Å². The number of carbonyl (C=O) groups excluding carboxylic acids is 1. The number of halogens is 2. The van der Waals surface area contributed by atoms with Gasteiger partial charge in [-0.15, -0.1) is 0 Å². The molecule has 1 aromatic carbocycles. The van der Waals surface area contributed by atoms with E-state index in [1.165, 1.54) is 0 Å². The zero-order chi connectivity index (χ0) is 14.5. The van der Waals surface area contributed by atoms with Gasteiger partial charge in [0.25, 0.3) is 0 Å². The van der Waals surface area contributed by atoms with Crippen LogP contribution in [0.15, 0.2) is 18.2 Å². The molecule has 2 rings (SSSR count). The van der Waals surface area contributed by atoms with Crippen LogP contribution in [0.1, 0.15) is 25.3 Å². The van der Waals surface area contributed by atoms with Crippen molar-refractivity contribution in [1.82, 2.24) is 10.2 Å². The van der Waals surface area contributed by atoms with Gasteiger partial charge in [-0.1, -0.05) is 29.3 Å². The average Bonchev–Trinajstić information content (AvgIpc) is 3.22. The predicted octanol–water partition coefficient (Wildman–Crippen LogP) is 3.14. The van der Waals surface area contributed by atoms with Crippen LogP contribution in [0.4, 0.5) is 0 Å². The number of hydrogen-bond donors (Lipinski definition) is 1. The van der Waals surface area contributed by atoms with Gasteiger partial charge < -0.3 is 10.2 Å². The summed E-state index contributed by atoms with van der Waals surface area (Å²) in [7, 11) is 0. The lowest BCUT2D eigenvalue weighted by molar-refractivity contribution is -0.130. The van der Waals surface area contributed by atoms with Crippen molar-refractivity contribution in [3.63, 3.8) is 0 Å². The largest absolute Gasteiger partial charge is 0.339 e. The first-order chi connectivity index (χ1) is 9.61. The molecule has 1 aliphatic carbocycles. The second kappa shape index (κ2) is 7.30. The topological polar surface area (TPSA) is 32.3 Å². The van der Waals surface area contributed by atoms with Crippen LogP contribution in [0, 0.1) is 0 Å². The highest BCUT2D eigenvalue weighted by molar-refractivity contribution is 6.35. The molecule has 0 bridgehead atoms. The van der Waals surface area contributed by atoms with Crippen molar-refractivity contribution in [1.29, 1.82) is 0 Å². The fraction of sp³-hybridized carbons (Fsp3) is 0.533. The number of hydrogen-bond acceptors (Lipinski definition) is 2. The van der Waals surface area contributed by atoms with Gasteiger partial charge in [-0.2, -0.15) is 0 Å². The van der Waals surface area contributed by atoms with Crippen molar-refractivity contribution in [2.45, 2.75) is 32.2 Å². The average molecular weight is 315 g/mol. The Hall–Kier alpha value is -0.770. The predicted molar refractivity (Wildman–Crippen MR) is 83.4 cm³/mol. The quantitative estimate of drug-likeness (QED) is 0.784. The minimum atomic E-state index is 0.192. The van der Waals surface area contributed by atoms with Crippen molar-refractivity contribution in [3.05, 3.63) is 33.8 Å².